The maximum absolute atomic E-state index is 13.3. The molecule has 0 radical (unpaired) electrons. The number of Topliss-reactive ketones (excluding diaryl/α,β-unsaturated/α-hetero) is 1. The predicted octanol–water partition coefficient (Wildman–Crippen LogP) is 3.53. The topological polar surface area (TPSA) is 115 Å². The van der Waals surface area contributed by atoms with Crippen LogP contribution in [-0.4, -0.2) is 37.5 Å². The smallest absolute Gasteiger partial charge is 0.248 e. The van der Waals surface area contributed by atoms with Crippen molar-refractivity contribution in [2.45, 2.75) is 45.4 Å². The van der Waals surface area contributed by atoms with Gasteiger partial charge >= 0.3 is 0 Å². The fraction of sp³-hybridized carbons (Fsp3) is 0.400. The van der Waals surface area contributed by atoms with E-state index >= 15 is 0 Å². The lowest BCUT2D eigenvalue weighted by Crippen LogP contribution is -2.33. The molecule has 2 aliphatic heterocycles. The number of rotatable bonds is 5. The Balaban J connectivity index is 1.66. The first-order chi connectivity index (χ1) is 15.3. The van der Waals surface area contributed by atoms with Gasteiger partial charge in [0.1, 0.15) is 9.84 Å². The monoisotopic (exact) mass is 468 g/mol. The second-order valence-electron chi connectivity index (χ2n) is 9.97. The Bertz CT molecular complexity index is 1270. The van der Waals surface area contributed by atoms with E-state index in [2.05, 4.69) is 0 Å². The molecular formula is C25H28N2O5S. The average molecular weight is 469 g/mol. The van der Waals surface area contributed by atoms with Gasteiger partial charge in [0.15, 0.2) is 5.78 Å². The van der Waals surface area contributed by atoms with E-state index in [1.807, 2.05) is 20.8 Å². The molecule has 0 aromatic heterocycles. The maximum atomic E-state index is 13.3. The number of benzene rings is 2. The Morgan fingerprint density at radius 2 is 1.67 bits per heavy atom. The van der Waals surface area contributed by atoms with Crippen LogP contribution in [0.25, 0.3) is 0 Å². The van der Waals surface area contributed by atoms with E-state index in [1.165, 1.54) is 0 Å². The number of sulfone groups is 1. The highest BCUT2D eigenvalue weighted by Gasteiger charge is 2.45. The molecule has 4 rings (SSSR count). The van der Waals surface area contributed by atoms with Gasteiger partial charge in [0, 0.05) is 23.2 Å². The van der Waals surface area contributed by atoms with E-state index in [0.29, 0.717) is 35.3 Å². The first-order valence-corrected chi connectivity index (χ1v) is 12.8. The summed E-state index contributed by atoms with van der Waals surface area (Å²) in [5.74, 6) is -0.568. The molecule has 7 nitrogen and oxygen atoms in total. The fourth-order valence-corrected chi connectivity index (χ4v) is 6.47. The molecule has 1 saturated heterocycles. The van der Waals surface area contributed by atoms with Crippen molar-refractivity contribution < 1.29 is 22.8 Å². The molecule has 0 unspecified atom stereocenters. The molecule has 0 spiro atoms. The summed E-state index contributed by atoms with van der Waals surface area (Å²) in [5.41, 5.74) is 6.95. The third-order valence-corrected chi connectivity index (χ3v) is 8.63. The molecule has 0 atom stereocenters. The third kappa shape index (κ3) is 4.19. The number of carbonyl (C=O) groups excluding carboxylic acids is 3. The van der Waals surface area contributed by atoms with Crippen LogP contribution < -0.4 is 10.6 Å². The standard InChI is InChI=1S/C25H28N2O5S/c1-24(2)19-14-16(21(28)15-25(3)9-11-33(31,32)12-10-25)7-8-20(19)27(23(24)30)18-6-4-5-17(13-18)22(26)29/h4-8,13-14H,9-12,15H2,1-3H3,(H2,26,29). The number of ketones is 1. The number of hydrogen-bond acceptors (Lipinski definition) is 5. The van der Waals surface area contributed by atoms with Crippen LogP contribution >= 0.6 is 0 Å². The van der Waals surface area contributed by atoms with E-state index in [9.17, 15) is 22.8 Å². The molecular weight excluding hydrogens is 440 g/mol. The predicted molar refractivity (Wildman–Crippen MR) is 127 cm³/mol. The first kappa shape index (κ1) is 23.2. The highest BCUT2D eigenvalue weighted by Crippen LogP contribution is 2.46. The summed E-state index contributed by atoms with van der Waals surface area (Å²) in [6.07, 6.45) is 1.21. The number of carbonyl (C=O) groups is 3. The van der Waals surface area contributed by atoms with Gasteiger partial charge in [0.2, 0.25) is 11.8 Å². The summed E-state index contributed by atoms with van der Waals surface area (Å²) < 4.78 is 23.6. The molecule has 33 heavy (non-hydrogen) atoms. The molecule has 1 fully saturated rings. The largest absolute Gasteiger partial charge is 0.366 e. The lowest BCUT2D eigenvalue weighted by Gasteiger charge is -2.32. The van der Waals surface area contributed by atoms with Crippen LogP contribution in [-0.2, 0) is 20.0 Å². The van der Waals surface area contributed by atoms with Crippen LogP contribution in [0.1, 0.15) is 66.3 Å². The molecule has 2 aromatic carbocycles. The molecule has 174 valence electrons. The third-order valence-electron chi connectivity index (χ3n) is 6.98. The maximum Gasteiger partial charge on any atom is 0.248 e. The Hall–Kier alpha value is -3.00. The molecule has 0 bridgehead atoms. The Morgan fingerprint density at radius 1 is 1.00 bits per heavy atom. The van der Waals surface area contributed by atoms with Crippen LogP contribution in [0.4, 0.5) is 11.4 Å². The lowest BCUT2D eigenvalue weighted by molar-refractivity contribution is -0.121. The van der Waals surface area contributed by atoms with Crippen LogP contribution in [0.3, 0.4) is 0 Å². The summed E-state index contributed by atoms with van der Waals surface area (Å²) in [4.78, 5) is 39.7. The van der Waals surface area contributed by atoms with E-state index < -0.39 is 21.2 Å². The van der Waals surface area contributed by atoms with Crippen LogP contribution in [0.15, 0.2) is 42.5 Å². The highest BCUT2D eigenvalue weighted by atomic mass is 32.2. The van der Waals surface area contributed by atoms with E-state index in [1.54, 1.807) is 47.4 Å². The van der Waals surface area contributed by atoms with Crippen molar-refractivity contribution in [1.29, 1.82) is 0 Å². The highest BCUT2D eigenvalue weighted by molar-refractivity contribution is 7.91. The average Bonchev–Trinajstić information content (AvgIpc) is 2.96. The van der Waals surface area contributed by atoms with E-state index in [-0.39, 0.29) is 35.0 Å². The van der Waals surface area contributed by atoms with Crippen molar-refractivity contribution in [2.24, 2.45) is 11.1 Å². The second-order valence-corrected chi connectivity index (χ2v) is 12.3. The molecule has 0 aliphatic carbocycles. The number of amides is 2. The minimum absolute atomic E-state index is 0.0583. The first-order valence-electron chi connectivity index (χ1n) is 11.0. The van der Waals surface area contributed by atoms with Gasteiger partial charge in [-0.05, 0) is 74.1 Å². The SMILES string of the molecule is CC1(CC(=O)c2ccc3c(c2)C(C)(C)C(=O)N3c2cccc(C(N)=O)c2)CCS(=O)(=O)CC1. The molecule has 2 amide bonds. The summed E-state index contributed by atoms with van der Waals surface area (Å²) in [7, 11) is -3.01. The second kappa shape index (κ2) is 7.80. The number of hydrogen-bond donors (Lipinski definition) is 1. The van der Waals surface area contributed by atoms with Gasteiger partial charge in [-0.2, -0.15) is 0 Å². The molecule has 2 N–H and O–H groups in total. The number of nitrogens with zero attached hydrogens (tertiary/aromatic N) is 1. The normalized spacial score (nSPS) is 20.3. The molecule has 2 heterocycles. The Morgan fingerprint density at radius 3 is 2.30 bits per heavy atom. The fourth-order valence-electron chi connectivity index (χ4n) is 4.66. The summed E-state index contributed by atoms with van der Waals surface area (Å²) in [6.45, 7) is 5.59. The van der Waals surface area contributed by atoms with Gasteiger partial charge in [-0.3, -0.25) is 19.3 Å². The summed E-state index contributed by atoms with van der Waals surface area (Å²) in [6, 6.07) is 11.9. The van der Waals surface area contributed by atoms with Crippen LogP contribution in [0.5, 0.6) is 0 Å². The van der Waals surface area contributed by atoms with Crippen molar-refractivity contribution in [3.63, 3.8) is 0 Å². The molecule has 2 aromatic rings. The minimum Gasteiger partial charge on any atom is -0.366 e. The zero-order chi connectivity index (χ0) is 24.2. The Labute approximate surface area is 193 Å². The van der Waals surface area contributed by atoms with E-state index in [4.69, 9.17) is 5.73 Å². The van der Waals surface area contributed by atoms with Crippen LogP contribution in [0.2, 0.25) is 0 Å². The minimum atomic E-state index is -3.01. The van der Waals surface area contributed by atoms with Gasteiger partial charge < -0.3 is 5.73 Å². The summed E-state index contributed by atoms with van der Waals surface area (Å²) in [5, 5.41) is 0. The van der Waals surface area contributed by atoms with Crippen molar-refractivity contribution in [2.75, 3.05) is 16.4 Å². The van der Waals surface area contributed by atoms with E-state index in [0.717, 1.165) is 5.56 Å². The molecule has 8 heteroatoms. The van der Waals surface area contributed by atoms with Gasteiger partial charge in [-0.15, -0.1) is 0 Å². The molecule has 0 saturated carbocycles. The van der Waals surface area contributed by atoms with Crippen molar-refractivity contribution in [1.82, 2.24) is 0 Å². The van der Waals surface area contributed by atoms with Crippen molar-refractivity contribution in [3.8, 4) is 0 Å². The van der Waals surface area contributed by atoms with Gasteiger partial charge in [-0.1, -0.05) is 13.0 Å². The number of fused-ring (bicyclic) bond motifs is 1. The van der Waals surface area contributed by atoms with Crippen molar-refractivity contribution >= 4 is 38.8 Å². The van der Waals surface area contributed by atoms with Gasteiger partial charge in [0.05, 0.1) is 22.6 Å². The van der Waals surface area contributed by atoms with Gasteiger partial charge in [-0.25, -0.2) is 8.42 Å². The lowest BCUT2D eigenvalue weighted by atomic mass is 9.78. The quantitative estimate of drug-likeness (QED) is 0.674. The van der Waals surface area contributed by atoms with Gasteiger partial charge in [0.25, 0.3) is 0 Å². The molecule has 2 aliphatic rings. The van der Waals surface area contributed by atoms with Crippen LogP contribution in [0, 0.1) is 5.41 Å². The zero-order valence-electron chi connectivity index (χ0n) is 19.1. The summed E-state index contributed by atoms with van der Waals surface area (Å²) >= 11 is 0. The number of nitrogens with two attached hydrogens (primary N) is 1. The zero-order valence-corrected chi connectivity index (χ0v) is 19.9. The van der Waals surface area contributed by atoms with Crippen molar-refractivity contribution in [3.05, 3.63) is 59.2 Å². The Kier molecular flexibility index (Phi) is 5.47. The number of anilines is 2. The number of primary amides is 1.